The van der Waals surface area contributed by atoms with Crippen LogP contribution in [0, 0.1) is 0 Å². The van der Waals surface area contributed by atoms with Gasteiger partial charge < -0.3 is 0 Å². The summed E-state index contributed by atoms with van der Waals surface area (Å²) < 4.78 is 1.82. The van der Waals surface area contributed by atoms with Gasteiger partial charge in [0.25, 0.3) is 0 Å². The van der Waals surface area contributed by atoms with Crippen LogP contribution in [0.4, 0.5) is 0 Å². The van der Waals surface area contributed by atoms with Gasteiger partial charge in [0.05, 0.1) is 12.7 Å². The fourth-order valence-electron chi connectivity index (χ4n) is 2.03. The second-order valence-corrected chi connectivity index (χ2v) is 8.38. The Hall–Kier alpha value is -1.52. The monoisotopic (exact) mass is 348 g/mol. The molecule has 122 valence electrons. The number of hydrogen-bond acceptors (Lipinski definition) is 3. The van der Waals surface area contributed by atoms with Crippen molar-refractivity contribution in [3.05, 3.63) is 53.9 Å². The molecular weight excluding hydrogens is 328 g/mol. The number of halogens is 1. The lowest BCUT2D eigenvalue weighted by Gasteiger charge is -2.19. The first-order valence-electron chi connectivity index (χ1n) is 7.48. The molecule has 0 aliphatic rings. The van der Waals surface area contributed by atoms with Crippen LogP contribution in [0.2, 0.25) is 0 Å². The van der Waals surface area contributed by atoms with E-state index in [1.807, 2.05) is 30.5 Å². The lowest BCUT2D eigenvalue weighted by Crippen LogP contribution is -2.08. The van der Waals surface area contributed by atoms with Crippen LogP contribution in [0.25, 0.3) is 6.08 Å². The van der Waals surface area contributed by atoms with E-state index in [1.165, 1.54) is 0 Å². The van der Waals surface area contributed by atoms with Gasteiger partial charge in [-0.1, -0.05) is 32.9 Å². The molecule has 5 heteroatoms. The summed E-state index contributed by atoms with van der Waals surface area (Å²) in [6, 6.07) is 7.73. The van der Waals surface area contributed by atoms with Crippen molar-refractivity contribution < 1.29 is 4.79 Å². The van der Waals surface area contributed by atoms with Gasteiger partial charge in [-0.25, -0.2) is 0 Å². The zero-order valence-corrected chi connectivity index (χ0v) is 15.2. The lowest BCUT2D eigenvalue weighted by molar-refractivity contribution is 0.104. The SMILES string of the molecule is CC(C)(C)Sc1ccccc1C(=O)C=Cc1cnn(CCCl)c1. The van der Waals surface area contributed by atoms with Crippen molar-refractivity contribution in [1.82, 2.24) is 9.78 Å². The Morgan fingerprint density at radius 1 is 1.35 bits per heavy atom. The second-order valence-electron chi connectivity index (χ2n) is 6.13. The van der Waals surface area contributed by atoms with Crippen LogP contribution in [-0.4, -0.2) is 26.2 Å². The van der Waals surface area contributed by atoms with Crippen molar-refractivity contribution in [2.45, 2.75) is 37.0 Å². The summed E-state index contributed by atoms with van der Waals surface area (Å²) in [4.78, 5) is 13.5. The summed E-state index contributed by atoms with van der Waals surface area (Å²) in [6.45, 7) is 7.08. The standard InChI is InChI=1S/C18H21ClN2OS/c1-18(2,3)23-17-7-5-4-6-15(17)16(22)9-8-14-12-20-21(13-14)11-10-19/h4-9,12-13H,10-11H2,1-3H3. The third-order valence-corrected chi connectivity index (χ3v) is 4.32. The molecule has 0 atom stereocenters. The summed E-state index contributed by atoms with van der Waals surface area (Å²) in [6.07, 6.45) is 7.00. The van der Waals surface area contributed by atoms with Crippen molar-refractivity contribution in [3.63, 3.8) is 0 Å². The molecule has 0 amide bonds. The molecule has 1 aromatic carbocycles. The summed E-state index contributed by atoms with van der Waals surface area (Å²) in [5.74, 6) is 0.517. The van der Waals surface area contributed by atoms with Gasteiger partial charge in [-0.05, 0) is 24.3 Å². The predicted octanol–water partition coefficient (Wildman–Crippen LogP) is 4.91. The third-order valence-electron chi connectivity index (χ3n) is 2.96. The summed E-state index contributed by atoms with van der Waals surface area (Å²) in [5.41, 5.74) is 1.63. The number of benzene rings is 1. The molecule has 1 aromatic heterocycles. The van der Waals surface area contributed by atoms with E-state index in [1.54, 1.807) is 34.8 Å². The Morgan fingerprint density at radius 3 is 2.78 bits per heavy atom. The highest BCUT2D eigenvalue weighted by atomic mass is 35.5. The number of rotatable bonds is 6. The van der Waals surface area contributed by atoms with E-state index in [0.717, 1.165) is 16.0 Å². The highest BCUT2D eigenvalue weighted by Gasteiger charge is 2.16. The topological polar surface area (TPSA) is 34.9 Å². The summed E-state index contributed by atoms with van der Waals surface area (Å²) >= 11 is 7.39. The van der Waals surface area contributed by atoms with E-state index in [0.29, 0.717) is 12.4 Å². The van der Waals surface area contributed by atoms with E-state index in [9.17, 15) is 4.79 Å². The number of allylic oxidation sites excluding steroid dienone is 1. The smallest absolute Gasteiger partial charge is 0.186 e. The van der Waals surface area contributed by atoms with Crippen molar-refractivity contribution in [2.75, 3.05) is 5.88 Å². The molecule has 0 saturated carbocycles. The Morgan fingerprint density at radius 2 is 2.09 bits per heavy atom. The third kappa shape index (κ3) is 5.56. The van der Waals surface area contributed by atoms with Gasteiger partial charge in [-0.2, -0.15) is 5.10 Å². The van der Waals surface area contributed by atoms with E-state index in [2.05, 4.69) is 25.9 Å². The normalized spacial score (nSPS) is 12.0. The molecule has 0 aliphatic heterocycles. The first kappa shape index (κ1) is 17.8. The lowest BCUT2D eigenvalue weighted by atomic mass is 10.1. The van der Waals surface area contributed by atoms with E-state index in [4.69, 9.17) is 11.6 Å². The Labute approximate surface area is 146 Å². The largest absolute Gasteiger partial charge is 0.289 e. The highest BCUT2D eigenvalue weighted by molar-refractivity contribution is 8.00. The maximum Gasteiger partial charge on any atom is 0.186 e. The van der Waals surface area contributed by atoms with E-state index < -0.39 is 0 Å². The van der Waals surface area contributed by atoms with Crippen LogP contribution in [0.5, 0.6) is 0 Å². The number of carbonyl (C=O) groups excluding carboxylic acids is 1. The molecule has 0 N–H and O–H groups in total. The van der Waals surface area contributed by atoms with Crippen LogP contribution >= 0.6 is 23.4 Å². The van der Waals surface area contributed by atoms with Gasteiger partial charge in [0, 0.05) is 32.8 Å². The minimum absolute atomic E-state index is 0.00226. The Bertz CT molecular complexity index is 701. The van der Waals surface area contributed by atoms with Crippen LogP contribution < -0.4 is 0 Å². The van der Waals surface area contributed by atoms with Crippen molar-refractivity contribution in [1.29, 1.82) is 0 Å². The number of nitrogens with zero attached hydrogens (tertiary/aromatic N) is 2. The molecule has 0 unspecified atom stereocenters. The number of hydrogen-bond donors (Lipinski definition) is 0. The van der Waals surface area contributed by atoms with Gasteiger partial charge in [-0.15, -0.1) is 23.4 Å². The van der Waals surface area contributed by atoms with Crippen molar-refractivity contribution >= 4 is 35.2 Å². The maximum absolute atomic E-state index is 12.5. The Kier molecular flexibility index (Phi) is 6.08. The minimum Gasteiger partial charge on any atom is -0.289 e. The average molecular weight is 349 g/mol. The van der Waals surface area contributed by atoms with Crippen molar-refractivity contribution in [2.24, 2.45) is 0 Å². The molecular formula is C18H21ClN2OS. The first-order valence-corrected chi connectivity index (χ1v) is 8.83. The van der Waals surface area contributed by atoms with E-state index in [-0.39, 0.29) is 10.5 Å². The van der Waals surface area contributed by atoms with Crippen LogP contribution in [0.3, 0.4) is 0 Å². The Balaban J connectivity index is 2.15. The number of carbonyl (C=O) groups is 1. The van der Waals surface area contributed by atoms with Gasteiger partial charge >= 0.3 is 0 Å². The maximum atomic E-state index is 12.5. The minimum atomic E-state index is 0.00226. The fourth-order valence-corrected chi connectivity index (χ4v) is 3.28. The molecule has 0 radical (unpaired) electrons. The molecule has 0 saturated heterocycles. The zero-order valence-electron chi connectivity index (χ0n) is 13.6. The van der Waals surface area contributed by atoms with Crippen LogP contribution in [0.15, 0.2) is 47.6 Å². The molecule has 2 rings (SSSR count). The summed E-state index contributed by atoms with van der Waals surface area (Å²) in [7, 11) is 0. The zero-order chi connectivity index (χ0) is 16.9. The molecule has 0 spiro atoms. The molecule has 0 aliphatic carbocycles. The van der Waals surface area contributed by atoms with Crippen molar-refractivity contribution in [3.8, 4) is 0 Å². The number of aromatic nitrogens is 2. The van der Waals surface area contributed by atoms with E-state index >= 15 is 0 Å². The van der Waals surface area contributed by atoms with Gasteiger partial charge in [0.1, 0.15) is 0 Å². The number of thioether (sulfide) groups is 1. The highest BCUT2D eigenvalue weighted by Crippen LogP contribution is 2.34. The van der Waals surface area contributed by atoms with Gasteiger partial charge in [0.2, 0.25) is 0 Å². The first-order chi connectivity index (χ1) is 10.9. The molecule has 2 aromatic rings. The molecule has 23 heavy (non-hydrogen) atoms. The van der Waals surface area contributed by atoms with Crippen LogP contribution in [0.1, 0.15) is 36.7 Å². The van der Waals surface area contributed by atoms with Gasteiger partial charge in [-0.3, -0.25) is 9.48 Å². The fraction of sp³-hybridized carbons (Fsp3) is 0.333. The predicted molar refractivity (Wildman–Crippen MR) is 98.4 cm³/mol. The molecule has 1 heterocycles. The molecule has 3 nitrogen and oxygen atoms in total. The quantitative estimate of drug-likeness (QED) is 0.322. The average Bonchev–Trinajstić information content (AvgIpc) is 2.92. The summed E-state index contributed by atoms with van der Waals surface area (Å²) in [5, 5.41) is 4.19. The van der Waals surface area contributed by atoms with Gasteiger partial charge in [0.15, 0.2) is 5.78 Å². The number of ketones is 1. The molecule has 0 fully saturated rings. The molecule has 0 bridgehead atoms. The number of aryl methyl sites for hydroxylation is 1. The van der Waals surface area contributed by atoms with Crippen LogP contribution in [-0.2, 0) is 6.54 Å². The second kappa shape index (κ2) is 7.84. The number of alkyl halides is 1.